The van der Waals surface area contributed by atoms with Gasteiger partial charge in [-0.3, -0.25) is 4.90 Å². The molecule has 3 aromatic rings. The Morgan fingerprint density at radius 2 is 1.57 bits per heavy atom. The Balaban J connectivity index is 1.21. The lowest BCUT2D eigenvalue weighted by Crippen LogP contribution is -2.46. The quantitative estimate of drug-likeness (QED) is 0.641. The molecular weight excluding hydrogens is 342 g/mol. The van der Waals surface area contributed by atoms with Crippen LogP contribution in [0.4, 0.5) is 11.4 Å². The van der Waals surface area contributed by atoms with Gasteiger partial charge in [0.2, 0.25) is 0 Å². The predicted octanol–water partition coefficient (Wildman–Crippen LogP) is 4.82. The number of hydrogen-bond donors (Lipinski definition) is 0. The molecular formula is C25H27N3. The molecule has 1 unspecified atom stereocenters. The minimum Gasteiger partial charge on any atom is -0.355 e. The van der Waals surface area contributed by atoms with Gasteiger partial charge in [0.25, 0.3) is 0 Å². The first kappa shape index (κ1) is 16.4. The largest absolute Gasteiger partial charge is 0.355 e. The fourth-order valence-corrected chi connectivity index (χ4v) is 5.77. The Bertz CT molecular complexity index is 1030. The standard InChI is InChI=1S/C25H27N3/c1-26-17-28(23-11-3-2-10-22(23)26)20-12-14-27(15-13-20)24-16-19-8-4-6-18-7-5-9-21(24)25(18)19/h2-11,20,24H,12-17H2,1H3. The van der Waals surface area contributed by atoms with Gasteiger partial charge < -0.3 is 9.80 Å². The van der Waals surface area contributed by atoms with Gasteiger partial charge in [0.1, 0.15) is 0 Å². The van der Waals surface area contributed by atoms with Crippen LogP contribution in [0.1, 0.15) is 30.0 Å². The molecule has 1 aliphatic carbocycles. The molecule has 0 N–H and O–H groups in total. The molecule has 0 saturated carbocycles. The van der Waals surface area contributed by atoms with Crippen molar-refractivity contribution in [3.8, 4) is 0 Å². The first-order chi connectivity index (χ1) is 13.8. The number of nitrogens with zero attached hydrogens (tertiary/aromatic N) is 3. The molecule has 28 heavy (non-hydrogen) atoms. The van der Waals surface area contributed by atoms with E-state index in [-0.39, 0.29) is 0 Å². The van der Waals surface area contributed by atoms with Gasteiger partial charge >= 0.3 is 0 Å². The van der Waals surface area contributed by atoms with E-state index in [0.717, 1.165) is 6.67 Å². The summed E-state index contributed by atoms with van der Waals surface area (Å²) in [6, 6.07) is 23.8. The normalized spacial score (nSPS) is 22.2. The molecule has 0 spiro atoms. The van der Waals surface area contributed by atoms with Crippen molar-refractivity contribution in [2.75, 3.05) is 36.6 Å². The van der Waals surface area contributed by atoms with Crippen LogP contribution in [0.2, 0.25) is 0 Å². The van der Waals surface area contributed by atoms with Crippen LogP contribution < -0.4 is 9.80 Å². The second kappa shape index (κ2) is 6.25. The lowest BCUT2D eigenvalue weighted by Gasteiger charge is -2.40. The van der Waals surface area contributed by atoms with Gasteiger partial charge in [-0.2, -0.15) is 0 Å². The average Bonchev–Trinajstić information content (AvgIpc) is 3.29. The maximum Gasteiger partial charge on any atom is 0.0904 e. The van der Waals surface area contributed by atoms with E-state index in [4.69, 9.17) is 0 Å². The second-order valence-electron chi connectivity index (χ2n) is 8.65. The topological polar surface area (TPSA) is 9.72 Å². The van der Waals surface area contributed by atoms with Crippen molar-refractivity contribution in [3.05, 3.63) is 71.8 Å². The summed E-state index contributed by atoms with van der Waals surface area (Å²) < 4.78 is 0. The van der Waals surface area contributed by atoms with Gasteiger partial charge in [0, 0.05) is 32.2 Å². The molecule has 2 heterocycles. The number of hydrogen-bond acceptors (Lipinski definition) is 3. The smallest absolute Gasteiger partial charge is 0.0904 e. The molecule has 1 atom stereocenters. The average molecular weight is 370 g/mol. The Labute approximate surface area is 167 Å². The van der Waals surface area contributed by atoms with Crippen LogP contribution in [0.3, 0.4) is 0 Å². The van der Waals surface area contributed by atoms with Crippen LogP contribution in [0.25, 0.3) is 10.8 Å². The summed E-state index contributed by atoms with van der Waals surface area (Å²) >= 11 is 0. The van der Waals surface area contributed by atoms with E-state index in [0.29, 0.717) is 12.1 Å². The number of piperidine rings is 1. The molecule has 2 aliphatic heterocycles. The van der Waals surface area contributed by atoms with E-state index in [1.165, 1.54) is 60.1 Å². The van der Waals surface area contributed by atoms with Crippen molar-refractivity contribution in [1.29, 1.82) is 0 Å². The maximum absolute atomic E-state index is 2.75. The van der Waals surface area contributed by atoms with Gasteiger partial charge in [-0.05, 0) is 53.3 Å². The molecule has 0 bridgehead atoms. The summed E-state index contributed by atoms with van der Waals surface area (Å²) in [5, 5.41) is 2.93. The van der Waals surface area contributed by atoms with Crippen molar-refractivity contribution in [3.63, 3.8) is 0 Å². The Morgan fingerprint density at radius 3 is 2.39 bits per heavy atom. The monoisotopic (exact) mass is 369 g/mol. The van der Waals surface area contributed by atoms with Crippen LogP contribution in [-0.2, 0) is 6.42 Å². The molecule has 6 rings (SSSR count). The zero-order valence-electron chi connectivity index (χ0n) is 16.5. The lowest BCUT2D eigenvalue weighted by atomic mass is 9.98. The third kappa shape index (κ3) is 2.39. The summed E-state index contributed by atoms with van der Waals surface area (Å²) in [6.07, 6.45) is 3.69. The fourth-order valence-electron chi connectivity index (χ4n) is 5.77. The van der Waals surface area contributed by atoms with Gasteiger partial charge in [-0.25, -0.2) is 0 Å². The number of likely N-dealkylation sites (tertiary alicyclic amines) is 1. The minimum absolute atomic E-state index is 0.565. The van der Waals surface area contributed by atoms with Crippen molar-refractivity contribution in [2.24, 2.45) is 0 Å². The van der Waals surface area contributed by atoms with Crippen molar-refractivity contribution >= 4 is 22.1 Å². The van der Waals surface area contributed by atoms with Gasteiger partial charge in [0.05, 0.1) is 18.0 Å². The SMILES string of the molecule is CN1CN(C2CCN(C3Cc4cccc5cccc3c45)CC2)c2ccccc21. The van der Waals surface area contributed by atoms with E-state index in [2.05, 4.69) is 82.4 Å². The molecule has 0 amide bonds. The highest BCUT2D eigenvalue weighted by molar-refractivity contribution is 5.91. The van der Waals surface area contributed by atoms with E-state index in [9.17, 15) is 0 Å². The Morgan fingerprint density at radius 1 is 0.821 bits per heavy atom. The molecule has 142 valence electrons. The van der Waals surface area contributed by atoms with Crippen LogP contribution in [0.5, 0.6) is 0 Å². The van der Waals surface area contributed by atoms with Crippen molar-refractivity contribution < 1.29 is 0 Å². The highest BCUT2D eigenvalue weighted by Gasteiger charge is 2.35. The molecule has 1 fully saturated rings. The zero-order valence-corrected chi connectivity index (χ0v) is 16.5. The first-order valence-corrected chi connectivity index (χ1v) is 10.6. The predicted molar refractivity (Wildman–Crippen MR) is 117 cm³/mol. The number of anilines is 2. The molecule has 3 heteroatoms. The van der Waals surface area contributed by atoms with Crippen molar-refractivity contribution in [1.82, 2.24) is 4.90 Å². The molecule has 3 nitrogen and oxygen atoms in total. The first-order valence-electron chi connectivity index (χ1n) is 10.6. The van der Waals surface area contributed by atoms with Gasteiger partial charge in [0.15, 0.2) is 0 Å². The van der Waals surface area contributed by atoms with Gasteiger partial charge in [-0.1, -0.05) is 48.5 Å². The number of fused-ring (bicyclic) bond motifs is 1. The summed E-state index contributed by atoms with van der Waals surface area (Å²) in [5.74, 6) is 0. The Hall–Kier alpha value is -2.52. The van der Waals surface area contributed by atoms with Crippen LogP contribution in [0, 0.1) is 0 Å². The number of para-hydroxylation sites is 2. The summed E-state index contributed by atoms with van der Waals surface area (Å²) in [7, 11) is 2.21. The molecule has 3 aromatic carbocycles. The fraction of sp³-hybridized carbons (Fsp3) is 0.360. The number of rotatable bonds is 2. The molecule has 1 saturated heterocycles. The molecule has 0 aromatic heterocycles. The minimum atomic E-state index is 0.565. The van der Waals surface area contributed by atoms with E-state index in [1.807, 2.05) is 0 Å². The van der Waals surface area contributed by atoms with E-state index in [1.54, 1.807) is 5.56 Å². The summed E-state index contributed by atoms with van der Waals surface area (Å²) in [6.45, 7) is 3.42. The van der Waals surface area contributed by atoms with Crippen LogP contribution >= 0.6 is 0 Å². The van der Waals surface area contributed by atoms with Crippen LogP contribution in [0.15, 0.2) is 60.7 Å². The lowest BCUT2D eigenvalue weighted by molar-refractivity contribution is 0.153. The third-order valence-corrected chi connectivity index (χ3v) is 7.14. The third-order valence-electron chi connectivity index (χ3n) is 7.14. The highest BCUT2D eigenvalue weighted by Crippen LogP contribution is 2.42. The van der Waals surface area contributed by atoms with Crippen LogP contribution in [-0.4, -0.2) is 37.7 Å². The zero-order chi connectivity index (χ0) is 18.7. The number of benzene rings is 3. The summed E-state index contributed by atoms with van der Waals surface area (Å²) in [4.78, 5) is 7.77. The maximum atomic E-state index is 2.75. The highest BCUT2D eigenvalue weighted by atomic mass is 15.4. The van der Waals surface area contributed by atoms with E-state index < -0.39 is 0 Å². The Kier molecular flexibility index (Phi) is 3.67. The van der Waals surface area contributed by atoms with Crippen molar-refractivity contribution in [2.45, 2.75) is 31.3 Å². The van der Waals surface area contributed by atoms with E-state index >= 15 is 0 Å². The summed E-state index contributed by atoms with van der Waals surface area (Å²) in [5.41, 5.74) is 5.89. The second-order valence-corrected chi connectivity index (χ2v) is 8.65. The molecule has 0 radical (unpaired) electrons. The molecule has 3 aliphatic rings. The van der Waals surface area contributed by atoms with Gasteiger partial charge in [-0.15, -0.1) is 0 Å².